The fourth-order valence-corrected chi connectivity index (χ4v) is 3.11. The summed E-state index contributed by atoms with van der Waals surface area (Å²) in [7, 11) is 0. The van der Waals surface area contributed by atoms with Crippen LogP contribution in [0.3, 0.4) is 0 Å². The van der Waals surface area contributed by atoms with Crippen LogP contribution in [-0.2, 0) is 18.8 Å². The maximum absolute atomic E-state index is 5.75. The van der Waals surface area contributed by atoms with Crippen LogP contribution in [0.4, 0.5) is 0 Å². The zero-order valence-electron chi connectivity index (χ0n) is 13.2. The van der Waals surface area contributed by atoms with E-state index >= 15 is 0 Å². The first-order valence-corrected chi connectivity index (χ1v) is 8.27. The molecule has 116 valence electrons. The van der Waals surface area contributed by atoms with Gasteiger partial charge in [0, 0.05) is 30.2 Å². The van der Waals surface area contributed by atoms with Crippen LogP contribution in [0.25, 0.3) is 0 Å². The Morgan fingerprint density at radius 2 is 2.00 bits per heavy atom. The number of nitrogens with zero attached hydrogens (tertiary/aromatic N) is 5. The molecular formula is C14H24N6S. The summed E-state index contributed by atoms with van der Waals surface area (Å²) in [5.41, 5.74) is 6.95. The highest BCUT2D eigenvalue weighted by Gasteiger charge is 2.14. The zero-order chi connectivity index (χ0) is 15.4. The minimum Gasteiger partial charge on any atom is -0.331 e. The average Bonchev–Trinajstić information content (AvgIpc) is 3.02. The summed E-state index contributed by atoms with van der Waals surface area (Å²) in [6.07, 6.45) is 3.80. The number of nitrogens with two attached hydrogens (primary N) is 1. The van der Waals surface area contributed by atoms with Crippen molar-refractivity contribution >= 4 is 11.8 Å². The Morgan fingerprint density at radius 3 is 2.62 bits per heavy atom. The van der Waals surface area contributed by atoms with Gasteiger partial charge in [0.1, 0.15) is 5.82 Å². The molecule has 2 aromatic heterocycles. The van der Waals surface area contributed by atoms with Crippen molar-refractivity contribution in [2.24, 2.45) is 11.7 Å². The highest BCUT2D eigenvalue weighted by Crippen LogP contribution is 2.24. The van der Waals surface area contributed by atoms with Gasteiger partial charge in [-0.25, -0.2) is 4.98 Å². The van der Waals surface area contributed by atoms with E-state index in [9.17, 15) is 0 Å². The van der Waals surface area contributed by atoms with Gasteiger partial charge < -0.3 is 14.9 Å². The van der Waals surface area contributed by atoms with Gasteiger partial charge in [-0.1, -0.05) is 25.6 Å². The van der Waals surface area contributed by atoms with E-state index in [1.165, 1.54) is 5.69 Å². The number of hydrogen-bond acceptors (Lipinski definition) is 5. The fourth-order valence-electron chi connectivity index (χ4n) is 2.17. The minimum atomic E-state index is 0.413. The lowest BCUT2D eigenvalue weighted by molar-refractivity contribution is 0.480. The molecule has 0 aliphatic rings. The van der Waals surface area contributed by atoms with Crippen molar-refractivity contribution < 1.29 is 0 Å². The number of rotatable bonds is 7. The molecule has 7 heteroatoms. The summed E-state index contributed by atoms with van der Waals surface area (Å²) in [6, 6.07) is 0.413. The third-order valence-corrected chi connectivity index (χ3v) is 4.18. The number of thioether (sulfide) groups is 1. The van der Waals surface area contributed by atoms with Crippen molar-refractivity contribution in [2.75, 3.05) is 0 Å². The van der Waals surface area contributed by atoms with Gasteiger partial charge in [0.05, 0.1) is 12.9 Å². The molecule has 0 bridgehead atoms. The topological polar surface area (TPSA) is 74.6 Å². The summed E-state index contributed by atoms with van der Waals surface area (Å²) >= 11 is 1.69. The van der Waals surface area contributed by atoms with Crippen LogP contribution >= 0.6 is 11.8 Å². The van der Waals surface area contributed by atoms with Crippen LogP contribution in [0.1, 0.15) is 45.3 Å². The van der Waals surface area contributed by atoms with Crippen LogP contribution in [0.15, 0.2) is 17.7 Å². The van der Waals surface area contributed by atoms with Gasteiger partial charge >= 0.3 is 0 Å². The maximum atomic E-state index is 5.75. The molecule has 2 aromatic rings. The van der Waals surface area contributed by atoms with E-state index in [2.05, 4.69) is 52.0 Å². The third kappa shape index (κ3) is 3.85. The van der Waals surface area contributed by atoms with E-state index < -0.39 is 0 Å². The Bertz CT molecular complexity index is 572. The molecule has 21 heavy (non-hydrogen) atoms. The Labute approximate surface area is 130 Å². The molecule has 0 spiro atoms. The van der Waals surface area contributed by atoms with Crippen molar-refractivity contribution in [2.45, 2.75) is 57.7 Å². The molecule has 0 radical (unpaired) electrons. The molecule has 0 saturated heterocycles. The lowest BCUT2D eigenvalue weighted by atomic mass is 10.2. The van der Waals surface area contributed by atoms with Gasteiger partial charge in [0.15, 0.2) is 5.16 Å². The Kier molecular flexibility index (Phi) is 5.41. The lowest BCUT2D eigenvalue weighted by Crippen LogP contribution is -2.13. The highest BCUT2D eigenvalue weighted by atomic mass is 32.2. The highest BCUT2D eigenvalue weighted by molar-refractivity contribution is 7.98. The first kappa shape index (κ1) is 16.0. The number of aromatic nitrogens is 5. The Morgan fingerprint density at radius 1 is 1.24 bits per heavy atom. The van der Waals surface area contributed by atoms with Gasteiger partial charge in [0.2, 0.25) is 0 Å². The van der Waals surface area contributed by atoms with E-state index in [-0.39, 0.29) is 0 Å². The minimum absolute atomic E-state index is 0.413. The summed E-state index contributed by atoms with van der Waals surface area (Å²) < 4.78 is 4.31. The first-order chi connectivity index (χ1) is 10.0. The average molecular weight is 308 g/mol. The number of imidazole rings is 1. The van der Waals surface area contributed by atoms with E-state index in [0.29, 0.717) is 18.5 Å². The van der Waals surface area contributed by atoms with Crippen LogP contribution < -0.4 is 5.73 Å². The van der Waals surface area contributed by atoms with Gasteiger partial charge in [-0.15, -0.1) is 10.2 Å². The molecule has 0 aliphatic carbocycles. The van der Waals surface area contributed by atoms with Crippen molar-refractivity contribution in [3.8, 4) is 0 Å². The lowest BCUT2D eigenvalue weighted by Gasteiger charge is -2.13. The van der Waals surface area contributed by atoms with Gasteiger partial charge in [0.25, 0.3) is 0 Å². The van der Waals surface area contributed by atoms with Crippen LogP contribution in [-0.4, -0.2) is 24.3 Å². The molecule has 0 fully saturated rings. The summed E-state index contributed by atoms with van der Waals surface area (Å²) in [4.78, 5) is 4.23. The van der Waals surface area contributed by atoms with Crippen LogP contribution in [0.2, 0.25) is 0 Å². The molecule has 2 rings (SSSR count). The molecule has 0 aliphatic heterocycles. The Hall–Kier alpha value is -1.34. The molecule has 2 N–H and O–H groups in total. The van der Waals surface area contributed by atoms with Gasteiger partial charge in [-0.2, -0.15) is 0 Å². The van der Waals surface area contributed by atoms with Crippen molar-refractivity contribution in [1.82, 2.24) is 24.3 Å². The molecule has 0 unspecified atom stereocenters. The second kappa shape index (κ2) is 7.09. The normalized spacial score (nSPS) is 11.8. The molecule has 0 amide bonds. The fraction of sp³-hybridized carbons (Fsp3) is 0.643. The molecule has 0 atom stereocenters. The summed E-state index contributed by atoms with van der Waals surface area (Å²) in [5, 5.41) is 9.40. The van der Waals surface area contributed by atoms with Crippen molar-refractivity contribution in [1.29, 1.82) is 0 Å². The van der Waals surface area contributed by atoms with E-state index in [4.69, 9.17) is 5.73 Å². The van der Waals surface area contributed by atoms with Crippen molar-refractivity contribution in [3.05, 3.63) is 24.0 Å². The molecule has 0 aromatic carbocycles. The monoisotopic (exact) mass is 308 g/mol. The second-order valence-corrected chi connectivity index (χ2v) is 6.72. The molecule has 6 nitrogen and oxygen atoms in total. The van der Waals surface area contributed by atoms with E-state index in [1.807, 2.05) is 12.5 Å². The van der Waals surface area contributed by atoms with E-state index in [1.54, 1.807) is 11.8 Å². The standard InChI is InChI=1S/C14H24N6S/c1-10(2)7-19-13(5-15)17-18-14(19)21-8-12-6-16-9-20(12)11(3)4/h6,9-11H,5,7-8,15H2,1-4H3. The Balaban J connectivity index is 2.12. The van der Waals surface area contributed by atoms with Crippen LogP contribution in [0.5, 0.6) is 0 Å². The zero-order valence-corrected chi connectivity index (χ0v) is 14.0. The predicted octanol–water partition coefficient (Wildman–Crippen LogP) is 2.46. The summed E-state index contributed by atoms with van der Waals surface area (Å²) in [5.74, 6) is 2.22. The quantitative estimate of drug-likeness (QED) is 0.795. The van der Waals surface area contributed by atoms with Crippen molar-refractivity contribution in [3.63, 3.8) is 0 Å². The van der Waals surface area contributed by atoms with Gasteiger partial charge in [-0.05, 0) is 19.8 Å². The smallest absolute Gasteiger partial charge is 0.191 e. The van der Waals surface area contributed by atoms with Gasteiger partial charge in [-0.3, -0.25) is 0 Å². The molecule has 2 heterocycles. The maximum Gasteiger partial charge on any atom is 0.191 e. The van der Waals surface area contributed by atoms with E-state index in [0.717, 1.165) is 23.3 Å². The molecule has 0 saturated carbocycles. The predicted molar refractivity (Wildman–Crippen MR) is 84.9 cm³/mol. The molecular weight excluding hydrogens is 284 g/mol. The first-order valence-electron chi connectivity index (χ1n) is 7.28. The third-order valence-electron chi connectivity index (χ3n) is 3.18. The van der Waals surface area contributed by atoms with Crippen LogP contribution in [0, 0.1) is 5.92 Å². The SMILES string of the molecule is CC(C)Cn1c(CN)nnc1SCc1cncn1C(C)C. The second-order valence-electron chi connectivity index (χ2n) is 5.78. The number of hydrogen-bond donors (Lipinski definition) is 1. The summed E-state index contributed by atoms with van der Waals surface area (Å²) in [6.45, 7) is 9.99. The largest absolute Gasteiger partial charge is 0.331 e.